The van der Waals surface area contributed by atoms with Crippen molar-refractivity contribution in [3.05, 3.63) is 29.8 Å². The van der Waals surface area contributed by atoms with E-state index in [2.05, 4.69) is 30.6 Å². The summed E-state index contributed by atoms with van der Waals surface area (Å²) in [5.74, 6) is 2.15. The fraction of sp³-hybridized carbons (Fsp3) is 0.538. The molecule has 0 saturated heterocycles. The molecule has 1 unspecified atom stereocenters. The minimum atomic E-state index is 0.386. The van der Waals surface area contributed by atoms with Crippen LogP contribution in [0, 0.1) is 0 Å². The van der Waals surface area contributed by atoms with E-state index in [9.17, 15) is 0 Å². The fourth-order valence-corrected chi connectivity index (χ4v) is 2.00. The molecule has 1 aromatic carbocycles. The zero-order chi connectivity index (χ0) is 11.8. The highest BCUT2D eigenvalue weighted by molar-refractivity contribution is 7.98. The second kappa shape index (κ2) is 7.58. The lowest BCUT2D eigenvalue weighted by atomic mass is 10.1. The average Bonchev–Trinajstić information content (AvgIpc) is 2.34. The molecule has 0 aromatic heterocycles. The second-order valence-electron chi connectivity index (χ2n) is 3.80. The Balaban J connectivity index is 2.42. The molecule has 0 amide bonds. The number of thioether (sulfide) groups is 1. The monoisotopic (exact) mass is 239 g/mol. The van der Waals surface area contributed by atoms with E-state index in [1.54, 1.807) is 7.11 Å². The molecule has 3 heteroatoms. The lowest BCUT2D eigenvalue weighted by Gasteiger charge is -2.14. The predicted molar refractivity (Wildman–Crippen MR) is 72.4 cm³/mol. The lowest BCUT2D eigenvalue weighted by Crippen LogP contribution is -2.20. The van der Waals surface area contributed by atoms with E-state index in [4.69, 9.17) is 4.74 Å². The fourth-order valence-electron chi connectivity index (χ4n) is 1.56. The van der Waals surface area contributed by atoms with E-state index in [1.165, 1.54) is 17.7 Å². The molecule has 0 heterocycles. The second-order valence-corrected chi connectivity index (χ2v) is 4.78. The van der Waals surface area contributed by atoms with E-state index in [-0.39, 0.29) is 0 Å². The van der Waals surface area contributed by atoms with Crippen molar-refractivity contribution in [3.8, 4) is 5.75 Å². The summed E-state index contributed by atoms with van der Waals surface area (Å²) in [5.41, 5.74) is 1.28. The zero-order valence-corrected chi connectivity index (χ0v) is 11.1. The predicted octanol–water partition coefficient (Wildman–Crippen LogP) is 3.10. The van der Waals surface area contributed by atoms with E-state index in [0.717, 1.165) is 12.3 Å². The molecule has 0 radical (unpaired) electrons. The molecule has 1 rings (SSSR count). The Kier molecular flexibility index (Phi) is 6.34. The third-order valence-electron chi connectivity index (χ3n) is 2.57. The molecule has 0 aliphatic heterocycles. The highest BCUT2D eigenvalue weighted by Gasteiger charge is 2.04. The van der Waals surface area contributed by atoms with Crippen molar-refractivity contribution in [2.45, 2.75) is 19.4 Å². The van der Waals surface area contributed by atoms with Gasteiger partial charge in [-0.15, -0.1) is 0 Å². The Labute approximate surface area is 103 Å². The maximum atomic E-state index is 5.22. The van der Waals surface area contributed by atoms with Gasteiger partial charge in [0.2, 0.25) is 0 Å². The number of hydrogen-bond donors (Lipinski definition) is 1. The van der Waals surface area contributed by atoms with Crippen molar-refractivity contribution in [1.29, 1.82) is 0 Å². The number of ether oxygens (including phenoxy) is 1. The van der Waals surface area contributed by atoms with Crippen LogP contribution < -0.4 is 10.1 Å². The Morgan fingerprint density at radius 2 is 2.25 bits per heavy atom. The van der Waals surface area contributed by atoms with Gasteiger partial charge < -0.3 is 10.1 Å². The first-order valence-corrected chi connectivity index (χ1v) is 7.03. The quantitative estimate of drug-likeness (QED) is 0.739. The van der Waals surface area contributed by atoms with Crippen molar-refractivity contribution in [2.24, 2.45) is 0 Å². The van der Waals surface area contributed by atoms with Gasteiger partial charge in [-0.3, -0.25) is 0 Å². The van der Waals surface area contributed by atoms with Crippen molar-refractivity contribution in [2.75, 3.05) is 25.7 Å². The molecule has 0 fully saturated rings. The summed E-state index contributed by atoms with van der Waals surface area (Å²) in [6.45, 7) is 3.26. The number of hydrogen-bond acceptors (Lipinski definition) is 3. The summed E-state index contributed by atoms with van der Waals surface area (Å²) in [5, 5.41) is 3.52. The molecular formula is C13H21NOS. The van der Waals surface area contributed by atoms with Crippen LogP contribution in [-0.4, -0.2) is 25.7 Å². The van der Waals surface area contributed by atoms with Crippen LogP contribution in [0.4, 0.5) is 0 Å². The zero-order valence-electron chi connectivity index (χ0n) is 10.3. The summed E-state index contributed by atoms with van der Waals surface area (Å²) in [4.78, 5) is 0. The summed E-state index contributed by atoms with van der Waals surface area (Å²) < 4.78 is 5.22. The Hall–Kier alpha value is -0.670. The molecule has 0 saturated carbocycles. The topological polar surface area (TPSA) is 21.3 Å². The molecule has 1 N–H and O–H groups in total. The third kappa shape index (κ3) is 4.45. The lowest BCUT2D eigenvalue weighted by molar-refractivity contribution is 0.413. The third-order valence-corrected chi connectivity index (χ3v) is 3.27. The smallest absolute Gasteiger partial charge is 0.119 e. The van der Waals surface area contributed by atoms with Crippen LogP contribution in [0.1, 0.15) is 24.9 Å². The summed E-state index contributed by atoms with van der Waals surface area (Å²) >= 11 is 1.90. The maximum Gasteiger partial charge on any atom is 0.119 e. The summed E-state index contributed by atoms with van der Waals surface area (Å²) in [7, 11) is 1.70. The molecule has 0 spiro atoms. The number of benzene rings is 1. The van der Waals surface area contributed by atoms with Crippen LogP contribution in [0.25, 0.3) is 0 Å². The van der Waals surface area contributed by atoms with Crippen molar-refractivity contribution in [1.82, 2.24) is 5.32 Å². The Morgan fingerprint density at radius 1 is 1.44 bits per heavy atom. The normalized spacial score (nSPS) is 12.4. The Morgan fingerprint density at radius 3 is 2.94 bits per heavy atom. The highest BCUT2D eigenvalue weighted by Crippen LogP contribution is 2.18. The first-order chi connectivity index (χ1) is 7.77. The minimum absolute atomic E-state index is 0.386. The van der Waals surface area contributed by atoms with Crippen LogP contribution >= 0.6 is 11.8 Å². The molecule has 0 aliphatic rings. The molecule has 2 nitrogen and oxygen atoms in total. The van der Waals surface area contributed by atoms with Crippen LogP contribution in [-0.2, 0) is 0 Å². The van der Waals surface area contributed by atoms with Gasteiger partial charge in [0, 0.05) is 6.04 Å². The molecule has 90 valence electrons. The average molecular weight is 239 g/mol. The van der Waals surface area contributed by atoms with Crippen molar-refractivity contribution in [3.63, 3.8) is 0 Å². The largest absolute Gasteiger partial charge is 0.497 e. The minimum Gasteiger partial charge on any atom is -0.497 e. The number of methoxy groups -OCH3 is 1. The SMILES string of the molecule is COc1cccc(C(C)NCCCSC)c1. The highest BCUT2D eigenvalue weighted by atomic mass is 32.2. The van der Waals surface area contributed by atoms with Gasteiger partial charge >= 0.3 is 0 Å². The Bertz CT molecular complexity index is 304. The standard InChI is InChI=1S/C13H21NOS/c1-11(14-8-5-9-16-3)12-6-4-7-13(10-12)15-2/h4,6-7,10-11,14H,5,8-9H2,1-3H3. The molecule has 0 bridgehead atoms. The molecule has 1 aromatic rings. The van der Waals surface area contributed by atoms with Gasteiger partial charge in [0.1, 0.15) is 5.75 Å². The summed E-state index contributed by atoms with van der Waals surface area (Å²) in [6.07, 6.45) is 3.36. The van der Waals surface area contributed by atoms with Gasteiger partial charge in [-0.1, -0.05) is 12.1 Å². The van der Waals surface area contributed by atoms with Gasteiger partial charge in [0.15, 0.2) is 0 Å². The summed E-state index contributed by atoms with van der Waals surface area (Å²) in [6, 6.07) is 8.62. The van der Waals surface area contributed by atoms with Crippen molar-refractivity contribution < 1.29 is 4.74 Å². The van der Waals surface area contributed by atoms with Gasteiger partial charge in [0.25, 0.3) is 0 Å². The molecule has 16 heavy (non-hydrogen) atoms. The van der Waals surface area contributed by atoms with Crippen molar-refractivity contribution >= 4 is 11.8 Å². The van der Waals surface area contributed by atoms with Gasteiger partial charge in [-0.05, 0) is 49.6 Å². The molecule has 0 aliphatic carbocycles. The van der Waals surface area contributed by atoms with E-state index < -0.39 is 0 Å². The van der Waals surface area contributed by atoms with Gasteiger partial charge in [-0.25, -0.2) is 0 Å². The van der Waals surface area contributed by atoms with E-state index in [0.29, 0.717) is 6.04 Å². The van der Waals surface area contributed by atoms with Crippen LogP contribution in [0.2, 0.25) is 0 Å². The van der Waals surface area contributed by atoms with Crippen LogP contribution in [0.5, 0.6) is 5.75 Å². The molecular weight excluding hydrogens is 218 g/mol. The van der Waals surface area contributed by atoms with E-state index >= 15 is 0 Å². The van der Waals surface area contributed by atoms with Gasteiger partial charge in [0.05, 0.1) is 7.11 Å². The first kappa shape index (κ1) is 13.4. The first-order valence-electron chi connectivity index (χ1n) is 5.64. The maximum absolute atomic E-state index is 5.22. The van der Waals surface area contributed by atoms with E-state index in [1.807, 2.05) is 23.9 Å². The van der Waals surface area contributed by atoms with Crippen LogP contribution in [0.15, 0.2) is 24.3 Å². The number of nitrogens with one attached hydrogen (secondary N) is 1. The van der Waals surface area contributed by atoms with Gasteiger partial charge in [-0.2, -0.15) is 11.8 Å². The molecule has 1 atom stereocenters. The van der Waals surface area contributed by atoms with Crippen LogP contribution in [0.3, 0.4) is 0 Å². The number of rotatable bonds is 7.